The molecule has 1 aromatic carbocycles. The highest BCUT2D eigenvalue weighted by Gasteiger charge is 2.28. The van der Waals surface area contributed by atoms with Crippen LogP contribution in [-0.2, 0) is 4.79 Å². The lowest BCUT2D eigenvalue weighted by Gasteiger charge is -2.26. The molecule has 1 atom stereocenters. The standard InChI is InChI=1S/C13H16N2O2S/c1-8(7-18-3)15(2)9-4-5-10-11(6-9)14-13(17)12(10)16/h4-6,8H,7H2,1-3H3,(H,14,16,17). The average molecular weight is 264 g/mol. The van der Waals surface area contributed by atoms with Gasteiger partial charge in [-0.15, -0.1) is 0 Å². The van der Waals surface area contributed by atoms with Crippen LogP contribution in [0.2, 0.25) is 0 Å². The Kier molecular flexibility index (Phi) is 3.61. The zero-order valence-corrected chi connectivity index (χ0v) is 11.5. The maximum Gasteiger partial charge on any atom is 0.296 e. The van der Waals surface area contributed by atoms with Crippen LogP contribution in [0.1, 0.15) is 17.3 Å². The third-order valence-corrected chi connectivity index (χ3v) is 3.99. The Labute approximate surface area is 111 Å². The van der Waals surface area contributed by atoms with E-state index in [9.17, 15) is 9.59 Å². The predicted octanol–water partition coefficient (Wildman–Crippen LogP) is 2.01. The molecule has 0 radical (unpaired) electrons. The van der Waals surface area contributed by atoms with Crippen LogP contribution in [0.15, 0.2) is 18.2 Å². The summed E-state index contributed by atoms with van der Waals surface area (Å²) in [7, 11) is 2.02. The number of nitrogens with one attached hydrogen (secondary N) is 1. The first kappa shape index (κ1) is 13.0. The van der Waals surface area contributed by atoms with Crippen LogP contribution in [0, 0.1) is 0 Å². The van der Waals surface area contributed by atoms with Gasteiger partial charge in [0, 0.05) is 24.5 Å². The monoisotopic (exact) mass is 264 g/mol. The molecular weight excluding hydrogens is 248 g/mol. The summed E-state index contributed by atoms with van der Waals surface area (Å²) < 4.78 is 0. The van der Waals surface area contributed by atoms with Gasteiger partial charge in [0.15, 0.2) is 0 Å². The van der Waals surface area contributed by atoms with E-state index in [4.69, 9.17) is 0 Å². The van der Waals surface area contributed by atoms with Crippen molar-refractivity contribution in [3.8, 4) is 0 Å². The van der Waals surface area contributed by atoms with E-state index >= 15 is 0 Å². The molecule has 96 valence electrons. The molecular formula is C13H16N2O2S. The van der Waals surface area contributed by atoms with Gasteiger partial charge in [0.2, 0.25) is 0 Å². The topological polar surface area (TPSA) is 49.4 Å². The molecule has 0 saturated carbocycles. The van der Waals surface area contributed by atoms with Crippen molar-refractivity contribution >= 4 is 34.8 Å². The number of fused-ring (bicyclic) bond motifs is 1. The van der Waals surface area contributed by atoms with Gasteiger partial charge in [-0.3, -0.25) is 9.59 Å². The summed E-state index contributed by atoms with van der Waals surface area (Å²) in [6.45, 7) is 2.15. The van der Waals surface area contributed by atoms with Gasteiger partial charge in [-0.2, -0.15) is 11.8 Å². The largest absolute Gasteiger partial charge is 0.371 e. The Morgan fingerprint density at radius 1 is 1.39 bits per heavy atom. The molecule has 0 aliphatic carbocycles. The Morgan fingerprint density at radius 2 is 2.11 bits per heavy atom. The molecule has 18 heavy (non-hydrogen) atoms. The number of carbonyl (C=O) groups excluding carboxylic acids is 2. The minimum Gasteiger partial charge on any atom is -0.371 e. The molecule has 1 unspecified atom stereocenters. The molecule has 2 rings (SSSR count). The predicted molar refractivity (Wildman–Crippen MR) is 75.6 cm³/mol. The van der Waals surface area contributed by atoms with Gasteiger partial charge in [0.05, 0.1) is 11.3 Å². The first-order valence-electron chi connectivity index (χ1n) is 5.76. The summed E-state index contributed by atoms with van der Waals surface area (Å²) in [5.41, 5.74) is 2.09. The zero-order valence-electron chi connectivity index (χ0n) is 10.7. The molecule has 4 nitrogen and oxygen atoms in total. The lowest BCUT2D eigenvalue weighted by atomic mass is 10.1. The van der Waals surface area contributed by atoms with Crippen molar-refractivity contribution in [3.63, 3.8) is 0 Å². The SMILES string of the molecule is CSCC(C)N(C)c1ccc2c(c1)NC(=O)C2=O. The van der Waals surface area contributed by atoms with Crippen LogP contribution in [0.3, 0.4) is 0 Å². The quantitative estimate of drug-likeness (QED) is 0.845. The average Bonchev–Trinajstić information content (AvgIpc) is 2.64. The number of rotatable bonds is 4. The summed E-state index contributed by atoms with van der Waals surface area (Å²) in [5.74, 6) is 0.0390. The van der Waals surface area contributed by atoms with E-state index in [1.807, 2.05) is 19.2 Å². The van der Waals surface area contributed by atoms with Gasteiger partial charge in [0.25, 0.3) is 11.7 Å². The smallest absolute Gasteiger partial charge is 0.296 e. The van der Waals surface area contributed by atoms with Crippen molar-refractivity contribution < 1.29 is 9.59 Å². The van der Waals surface area contributed by atoms with Gasteiger partial charge in [0.1, 0.15) is 0 Å². The van der Waals surface area contributed by atoms with Crippen molar-refractivity contribution in [1.29, 1.82) is 0 Å². The first-order valence-corrected chi connectivity index (χ1v) is 7.15. The molecule has 1 aliphatic heterocycles. The number of ketones is 1. The summed E-state index contributed by atoms with van der Waals surface area (Å²) in [4.78, 5) is 24.9. The van der Waals surface area contributed by atoms with Crippen molar-refractivity contribution in [2.75, 3.05) is 29.3 Å². The number of benzene rings is 1. The zero-order chi connectivity index (χ0) is 13.3. The highest BCUT2D eigenvalue weighted by molar-refractivity contribution is 7.98. The minimum absolute atomic E-state index is 0.394. The molecule has 0 aromatic heterocycles. The fourth-order valence-electron chi connectivity index (χ4n) is 1.96. The highest BCUT2D eigenvalue weighted by Crippen LogP contribution is 2.28. The fraction of sp³-hybridized carbons (Fsp3) is 0.385. The minimum atomic E-state index is -0.540. The summed E-state index contributed by atoms with van der Waals surface area (Å²) >= 11 is 1.79. The first-order chi connectivity index (χ1) is 8.54. The van der Waals surface area contributed by atoms with Crippen LogP contribution in [0.4, 0.5) is 11.4 Å². The molecule has 1 aliphatic rings. The number of anilines is 2. The second-order valence-corrected chi connectivity index (χ2v) is 5.34. The van der Waals surface area contributed by atoms with E-state index < -0.39 is 11.7 Å². The number of amides is 1. The van der Waals surface area contributed by atoms with E-state index in [-0.39, 0.29) is 0 Å². The van der Waals surface area contributed by atoms with Crippen molar-refractivity contribution in [3.05, 3.63) is 23.8 Å². The molecule has 1 aromatic rings. The number of hydrogen-bond acceptors (Lipinski definition) is 4. The number of hydrogen-bond donors (Lipinski definition) is 1. The Bertz CT molecular complexity index is 502. The lowest BCUT2D eigenvalue weighted by Crippen LogP contribution is -2.30. The van der Waals surface area contributed by atoms with Gasteiger partial charge in [-0.05, 0) is 31.4 Å². The number of carbonyl (C=O) groups is 2. The maximum absolute atomic E-state index is 11.5. The maximum atomic E-state index is 11.5. The van der Waals surface area contributed by atoms with E-state index in [2.05, 4.69) is 23.4 Å². The highest BCUT2D eigenvalue weighted by atomic mass is 32.2. The van der Waals surface area contributed by atoms with E-state index in [1.54, 1.807) is 17.8 Å². The van der Waals surface area contributed by atoms with E-state index in [0.717, 1.165) is 11.4 Å². The van der Waals surface area contributed by atoms with Crippen LogP contribution in [0.25, 0.3) is 0 Å². The molecule has 1 heterocycles. The van der Waals surface area contributed by atoms with Gasteiger partial charge in [-0.1, -0.05) is 0 Å². The molecule has 5 heteroatoms. The van der Waals surface area contributed by atoms with Gasteiger partial charge in [-0.25, -0.2) is 0 Å². The van der Waals surface area contributed by atoms with E-state index in [1.165, 1.54) is 0 Å². The van der Waals surface area contributed by atoms with E-state index in [0.29, 0.717) is 17.3 Å². The van der Waals surface area contributed by atoms with Gasteiger partial charge < -0.3 is 10.2 Å². The van der Waals surface area contributed by atoms with Gasteiger partial charge >= 0.3 is 0 Å². The molecule has 1 amide bonds. The van der Waals surface area contributed by atoms with Crippen LogP contribution in [-0.4, -0.2) is 36.8 Å². The fourth-order valence-corrected chi connectivity index (χ4v) is 2.67. The van der Waals surface area contributed by atoms with Crippen molar-refractivity contribution in [2.45, 2.75) is 13.0 Å². The number of thioether (sulfide) groups is 1. The molecule has 0 fully saturated rings. The molecule has 1 N–H and O–H groups in total. The van der Waals surface area contributed by atoms with Crippen molar-refractivity contribution in [1.82, 2.24) is 0 Å². The number of Topliss-reactive ketones (excluding diaryl/α,β-unsaturated/α-hetero) is 1. The summed E-state index contributed by atoms with van der Waals surface area (Å²) in [5, 5.41) is 2.59. The third-order valence-electron chi connectivity index (χ3n) is 3.18. The number of nitrogens with zero attached hydrogens (tertiary/aromatic N) is 1. The Balaban J connectivity index is 2.25. The van der Waals surface area contributed by atoms with Crippen LogP contribution >= 0.6 is 11.8 Å². The Morgan fingerprint density at radius 3 is 2.78 bits per heavy atom. The normalized spacial score (nSPS) is 15.3. The Hall–Kier alpha value is -1.49. The second-order valence-electron chi connectivity index (χ2n) is 4.43. The molecule has 0 spiro atoms. The van der Waals surface area contributed by atoms with Crippen molar-refractivity contribution in [2.24, 2.45) is 0 Å². The summed E-state index contributed by atoms with van der Waals surface area (Å²) in [6, 6.07) is 5.85. The molecule has 0 saturated heterocycles. The second kappa shape index (κ2) is 5.02. The third kappa shape index (κ3) is 2.22. The lowest BCUT2D eigenvalue weighted by molar-refractivity contribution is -0.112. The molecule has 0 bridgehead atoms. The van der Waals surface area contributed by atoms with Crippen LogP contribution < -0.4 is 10.2 Å². The van der Waals surface area contributed by atoms with Crippen LogP contribution in [0.5, 0.6) is 0 Å². The summed E-state index contributed by atoms with van der Waals surface area (Å²) in [6.07, 6.45) is 2.08.